The Kier molecular flexibility index (Phi) is 2.80. The lowest BCUT2D eigenvalue weighted by atomic mass is 10.1. The second kappa shape index (κ2) is 4.80. The minimum Gasteiger partial charge on any atom is -0.454 e. The van der Waals surface area contributed by atoms with Gasteiger partial charge in [-0.05, 0) is 23.8 Å². The molecule has 0 bridgehead atoms. The van der Waals surface area contributed by atoms with Crippen LogP contribution in [0, 0.1) is 0 Å². The molecule has 0 saturated heterocycles. The maximum Gasteiger partial charge on any atom is 0.231 e. The van der Waals surface area contributed by atoms with E-state index in [0.717, 1.165) is 29.3 Å². The van der Waals surface area contributed by atoms with Gasteiger partial charge in [0.25, 0.3) is 0 Å². The van der Waals surface area contributed by atoms with Crippen molar-refractivity contribution in [2.45, 2.75) is 19.5 Å². The second-order valence-corrected chi connectivity index (χ2v) is 5.23. The Morgan fingerprint density at radius 1 is 1.19 bits per heavy atom. The number of carbonyl (C=O) groups is 1. The molecule has 2 aliphatic heterocycles. The zero-order chi connectivity index (χ0) is 14.2. The maximum atomic E-state index is 12.4. The molecular formula is C15H15N3O3. The molecule has 108 valence electrons. The summed E-state index contributed by atoms with van der Waals surface area (Å²) in [6, 6.07) is 7.62. The van der Waals surface area contributed by atoms with Gasteiger partial charge in [-0.2, -0.15) is 5.10 Å². The Bertz CT molecular complexity index is 695. The van der Waals surface area contributed by atoms with Crippen molar-refractivity contribution in [2.24, 2.45) is 0 Å². The Hall–Kier alpha value is -2.50. The fourth-order valence-electron chi connectivity index (χ4n) is 2.74. The summed E-state index contributed by atoms with van der Waals surface area (Å²) in [5.74, 6) is 1.59. The summed E-state index contributed by atoms with van der Waals surface area (Å²) >= 11 is 0. The molecule has 2 aliphatic rings. The molecule has 3 heterocycles. The van der Waals surface area contributed by atoms with E-state index in [4.69, 9.17) is 9.47 Å². The molecule has 0 fully saturated rings. The summed E-state index contributed by atoms with van der Waals surface area (Å²) in [5, 5.41) is 4.22. The molecule has 6 nitrogen and oxygen atoms in total. The van der Waals surface area contributed by atoms with Gasteiger partial charge in [0.15, 0.2) is 11.5 Å². The van der Waals surface area contributed by atoms with Crippen LogP contribution in [0.4, 0.5) is 0 Å². The van der Waals surface area contributed by atoms with E-state index in [-0.39, 0.29) is 12.7 Å². The van der Waals surface area contributed by atoms with Gasteiger partial charge in [-0.25, -0.2) is 0 Å². The first-order chi connectivity index (χ1) is 10.3. The molecular weight excluding hydrogens is 270 g/mol. The van der Waals surface area contributed by atoms with E-state index in [9.17, 15) is 4.79 Å². The molecule has 0 atom stereocenters. The van der Waals surface area contributed by atoms with Crippen LogP contribution in [0.15, 0.2) is 30.5 Å². The number of carbonyl (C=O) groups excluding carboxylic acids is 1. The second-order valence-electron chi connectivity index (χ2n) is 5.23. The van der Waals surface area contributed by atoms with Crippen molar-refractivity contribution < 1.29 is 14.3 Å². The lowest BCUT2D eigenvalue weighted by Gasteiger charge is -2.27. The summed E-state index contributed by atoms with van der Waals surface area (Å²) in [5.41, 5.74) is 2.03. The zero-order valence-electron chi connectivity index (χ0n) is 11.5. The number of aromatic nitrogens is 2. The first-order valence-corrected chi connectivity index (χ1v) is 6.96. The lowest BCUT2D eigenvalue weighted by molar-refractivity contribution is -0.132. The number of nitrogens with zero attached hydrogens (tertiary/aromatic N) is 3. The number of rotatable bonds is 2. The van der Waals surface area contributed by atoms with Gasteiger partial charge in [0, 0.05) is 12.7 Å². The molecule has 2 aromatic rings. The van der Waals surface area contributed by atoms with Gasteiger partial charge in [-0.3, -0.25) is 9.48 Å². The topological polar surface area (TPSA) is 56.6 Å². The molecule has 0 spiro atoms. The molecule has 21 heavy (non-hydrogen) atoms. The van der Waals surface area contributed by atoms with E-state index >= 15 is 0 Å². The number of hydrogen-bond donors (Lipinski definition) is 0. The van der Waals surface area contributed by atoms with Crippen LogP contribution in [0.5, 0.6) is 11.5 Å². The molecule has 4 rings (SSSR count). The zero-order valence-corrected chi connectivity index (χ0v) is 11.5. The fourth-order valence-corrected chi connectivity index (χ4v) is 2.74. The lowest BCUT2D eigenvalue weighted by Crippen LogP contribution is -2.39. The number of benzene rings is 1. The quantitative estimate of drug-likeness (QED) is 0.832. The first kappa shape index (κ1) is 12.3. The van der Waals surface area contributed by atoms with E-state index in [2.05, 4.69) is 5.10 Å². The summed E-state index contributed by atoms with van der Waals surface area (Å²) < 4.78 is 12.6. The monoisotopic (exact) mass is 285 g/mol. The number of amides is 1. The van der Waals surface area contributed by atoms with Crippen LogP contribution in [0.1, 0.15) is 11.3 Å². The largest absolute Gasteiger partial charge is 0.454 e. The predicted octanol–water partition coefficient (Wildman–Crippen LogP) is 1.20. The minimum atomic E-state index is 0.126. The molecule has 0 radical (unpaired) electrons. The predicted molar refractivity (Wildman–Crippen MR) is 73.9 cm³/mol. The maximum absolute atomic E-state index is 12.4. The number of fused-ring (bicyclic) bond motifs is 2. The van der Waals surface area contributed by atoms with Crippen molar-refractivity contribution in [3.63, 3.8) is 0 Å². The molecule has 1 aromatic heterocycles. The third kappa shape index (κ3) is 2.22. The van der Waals surface area contributed by atoms with Crippen molar-refractivity contribution in [3.8, 4) is 11.5 Å². The fraction of sp³-hybridized carbons (Fsp3) is 0.333. The van der Waals surface area contributed by atoms with Crippen molar-refractivity contribution in [3.05, 3.63) is 41.7 Å². The highest BCUT2D eigenvalue weighted by atomic mass is 16.7. The van der Waals surface area contributed by atoms with Crippen LogP contribution in [0.3, 0.4) is 0 Å². The van der Waals surface area contributed by atoms with Crippen LogP contribution in [-0.4, -0.2) is 33.9 Å². The third-order valence-corrected chi connectivity index (χ3v) is 3.88. The van der Waals surface area contributed by atoms with Gasteiger partial charge in [-0.15, -0.1) is 0 Å². The number of hydrogen-bond acceptors (Lipinski definition) is 4. The molecule has 1 amide bonds. The first-order valence-electron chi connectivity index (χ1n) is 6.96. The average molecular weight is 285 g/mol. The van der Waals surface area contributed by atoms with Crippen LogP contribution in [0.2, 0.25) is 0 Å². The highest BCUT2D eigenvalue weighted by Gasteiger charge is 2.22. The minimum absolute atomic E-state index is 0.126. The average Bonchev–Trinajstić information content (AvgIpc) is 3.14. The van der Waals surface area contributed by atoms with Gasteiger partial charge in [0.2, 0.25) is 12.7 Å². The molecule has 1 aromatic carbocycles. The summed E-state index contributed by atoms with van der Waals surface area (Å²) in [4.78, 5) is 14.3. The van der Waals surface area contributed by atoms with Crippen molar-refractivity contribution in [1.29, 1.82) is 0 Å². The highest BCUT2D eigenvalue weighted by Crippen LogP contribution is 2.32. The van der Waals surface area contributed by atoms with E-state index in [1.807, 2.05) is 33.8 Å². The van der Waals surface area contributed by atoms with E-state index in [1.165, 1.54) is 0 Å². The van der Waals surface area contributed by atoms with Crippen LogP contribution >= 0.6 is 0 Å². The molecule has 0 aliphatic carbocycles. The normalized spacial score (nSPS) is 15.9. The Morgan fingerprint density at radius 3 is 3.05 bits per heavy atom. The Labute approximate surface area is 121 Å². The highest BCUT2D eigenvalue weighted by molar-refractivity contribution is 5.79. The van der Waals surface area contributed by atoms with Crippen LogP contribution in [-0.2, 0) is 24.3 Å². The van der Waals surface area contributed by atoms with Crippen molar-refractivity contribution in [1.82, 2.24) is 14.7 Å². The Balaban J connectivity index is 1.47. The summed E-state index contributed by atoms with van der Waals surface area (Å²) in [6.07, 6.45) is 2.16. The summed E-state index contributed by atoms with van der Waals surface area (Å²) in [7, 11) is 0. The van der Waals surface area contributed by atoms with Gasteiger partial charge in [0.05, 0.1) is 25.2 Å². The van der Waals surface area contributed by atoms with Gasteiger partial charge in [0.1, 0.15) is 0 Å². The Morgan fingerprint density at radius 2 is 2.10 bits per heavy atom. The molecule has 0 unspecified atom stereocenters. The third-order valence-electron chi connectivity index (χ3n) is 3.88. The van der Waals surface area contributed by atoms with Crippen LogP contribution in [0.25, 0.3) is 0 Å². The van der Waals surface area contributed by atoms with E-state index in [1.54, 1.807) is 6.20 Å². The van der Waals surface area contributed by atoms with E-state index < -0.39 is 0 Å². The van der Waals surface area contributed by atoms with E-state index in [0.29, 0.717) is 19.5 Å². The van der Waals surface area contributed by atoms with Crippen LogP contribution < -0.4 is 9.47 Å². The molecule has 0 N–H and O–H groups in total. The smallest absolute Gasteiger partial charge is 0.231 e. The number of ether oxygens (including phenoxy) is 2. The SMILES string of the molecule is O=C(Cc1ccc2c(c1)OCO2)N1CCn2nccc2C1. The van der Waals surface area contributed by atoms with Crippen molar-refractivity contribution >= 4 is 5.91 Å². The van der Waals surface area contributed by atoms with Gasteiger partial charge in [-0.1, -0.05) is 6.07 Å². The van der Waals surface area contributed by atoms with Crippen molar-refractivity contribution in [2.75, 3.05) is 13.3 Å². The molecule has 0 saturated carbocycles. The standard InChI is InChI=1S/C15H15N3O3/c19-15(17-5-6-18-12(9-17)3-4-16-18)8-11-1-2-13-14(7-11)21-10-20-13/h1-4,7H,5-6,8-10H2. The van der Waals surface area contributed by atoms with Gasteiger partial charge >= 0.3 is 0 Å². The molecule has 6 heteroatoms. The van der Waals surface area contributed by atoms with Gasteiger partial charge < -0.3 is 14.4 Å². The summed E-state index contributed by atoms with van der Waals surface area (Å²) in [6.45, 7) is 2.35.